The maximum absolute atomic E-state index is 12.4. The van der Waals surface area contributed by atoms with Crippen molar-refractivity contribution < 1.29 is 23.9 Å². The van der Waals surface area contributed by atoms with Crippen LogP contribution < -0.4 is 15.0 Å². The van der Waals surface area contributed by atoms with Gasteiger partial charge in [-0.25, -0.2) is 0 Å². The first-order chi connectivity index (χ1) is 13.9. The van der Waals surface area contributed by atoms with Crippen LogP contribution in [-0.4, -0.2) is 38.0 Å². The number of rotatable bonds is 6. The summed E-state index contributed by atoms with van der Waals surface area (Å²) in [4.78, 5) is 38.2. The van der Waals surface area contributed by atoms with Crippen molar-refractivity contribution in [2.24, 2.45) is 5.92 Å². The largest absolute Gasteiger partial charge is 0.495 e. The number of hydrogen-bond donors (Lipinski definition) is 1. The van der Waals surface area contributed by atoms with Gasteiger partial charge >= 0.3 is 5.97 Å². The van der Waals surface area contributed by atoms with Crippen LogP contribution in [0.2, 0.25) is 5.02 Å². The number of nitrogens with zero attached hydrogens (tertiary/aromatic N) is 1. The van der Waals surface area contributed by atoms with Crippen LogP contribution in [0.1, 0.15) is 12.0 Å². The number of carbonyl (C=O) groups excluding carboxylic acids is 3. The first kappa shape index (κ1) is 20.7. The third-order valence-electron chi connectivity index (χ3n) is 4.64. The van der Waals surface area contributed by atoms with E-state index in [4.69, 9.17) is 21.1 Å². The molecule has 2 aromatic rings. The highest BCUT2D eigenvalue weighted by Gasteiger charge is 2.37. The smallest absolute Gasteiger partial charge is 0.311 e. The van der Waals surface area contributed by atoms with E-state index >= 15 is 0 Å². The minimum Gasteiger partial charge on any atom is -0.495 e. The molecule has 0 radical (unpaired) electrons. The van der Waals surface area contributed by atoms with E-state index < -0.39 is 24.4 Å². The molecule has 1 N–H and O–H groups in total. The van der Waals surface area contributed by atoms with Crippen LogP contribution in [-0.2, 0) is 19.1 Å². The van der Waals surface area contributed by atoms with Gasteiger partial charge in [0.1, 0.15) is 5.75 Å². The van der Waals surface area contributed by atoms with Crippen molar-refractivity contribution in [1.29, 1.82) is 0 Å². The van der Waals surface area contributed by atoms with Gasteiger partial charge in [-0.1, -0.05) is 29.8 Å². The van der Waals surface area contributed by atoms with E-state index in [1.807, 2.05) is 6.92 Å². The molecule has 29 heavy (non-hydrogen) atoms. The first-order valence-electron chi connectivity index (χ1n) is 9.05. The van der Waals surface area contributed by atoms with E-state index in [0.29, 0.717) is 22.1 Å². The minimum absolute atomic E-state index is 0.0199. The molecule has 152 valence electrons. The molecule has 1 atom stereocenters. The molecule has 0 saturated carbocycles. The van der Waals surface area contributed by atoms with E-state index in [1.165, 1.54) is 12.0 Å². The standard InChI is InChI=1S/C21H21ClN2O5/c1-13-7-8-15(10-16(13)22)23-19(25)12-29-21(27)14-9-20(26)24(11-14)17-5-3-4-6-18(17)28-2/h3-8,10,14H,9,11-12H2,1-2H3,(H,23,25)/t14-/m0/s1. The Morgan fingerprint density at radius 3 is 2.72 bits per heavy atom. The number of nitrogens with one attached hydrogen (secondary N) is 1. The Bertz CT molecular complexity index is 946. The third-order valence-corrected chi connectivity index (χ3v) is 5.04. The van der Waals surface area contributed by atoms with Gasteiger partial charge < -0.3 is 19.7 Å². The van der Waals surface area contributed by atoms with Crippen LogP contribution in [0.5, 0.6) is 5.75 Å². The number of carbonyl (C=O) groups is 3. The van der Waals surface area contributed by atoms with E-state index in [-0.39, 0.29) is 18.9 Å². The quantitative estimate of drug-likeness (QED) is 0.731. The molecule has 0 unspecified atom stereocenters. The number of methoxy groups -OCH3 is 1. The van der Waals surface area contributed by atoms with E-state index in [9.17, 15) is 14.4 Å². The number of para-hydroxylation sites is 2. The van der Waals surface area contributed by atoms with Gasteiger partial charge in [0.25, 0.3) is 5.91 Å². The van der Waals surface area contributed by atoms with Crippen molar-refractivity contribution in [2.45, 2.75) is 13.3 Å². The number of amides is 2. The summed E-state index contributed by atoms with van der Waals surface area (Å²) in [5.74, 6) is -1.37. The van der Waals surface area contributed by atoms with Crippen molar-refractivity contribution in [3.63, 3.8) is 0 Å². The highest BCUT2D eigenvalue weighted by Crippen LogP contribution is 2.33. The predicted octanol–water partition coefficient (Wildman–Crippen LogP) is 3.19. The average molecular weight is 417 g/mol. The highest BCUT2D eigenvalue weighted by atomic mass is 35.5. The molecule has 0 aromatic heterocycles. The third kappa shape index (κ3) is 4.86. The van der Waals surface area contributed by atoms with Gasteiger partial charge in [0.2, 0.25) is 5.91 Å². The van der Waals surface area contributed by atoms with Gasteiger partial charge in [-0.05, 0) is 36.8 Å². The average Bonchev–Trinajstić information content (AvgIpc) is 3.10. The molecule has 2 aromatic carbocycles. The summed E-state index contributed by atoms with van der Waals surface area (Å²) in [6.07, 6.45) is 0.0199. The number of halogens is 1. The molecule has 0 bridgehead atoms. The summed E-state index contributed by atoms with van der Waals surface area (Å²) in [7, 11) is 1.52. The van der Waals surface area contributed by atoms with Gasteiger partial charge in [-0.2, -0.15) is 0 Å². The van der Waals surface area contributed by atoms with Gasteiger partial charge in [-0.15, -0.1) is 0 Å². The number of aryl methyl sites for hydroxylation is 1. The second-order valence-corrected chi connectivity index (χ2v) is 7.10. The second-order valence-electron chi connectivity index (χ2n) is 6.70. The Morgan fingerprint density at radius 1 is 1.24 bits per heavy atom. The Morgan fingerprint density at radius 2 is 2.00 bits per heavy atom. The molecule has 1 heterocycles. The molecule has 1 aliphatic heterocycles. The van der Waals surface area contributed by atoms with Crippen molar-refractivity contribution in [2.75, 3.05) is 30.5 Å². The lowest BCUT2D eigenvalue weighted by molar-refractivity contribution is -0.151. The Labute approximate surface area is 173 Å². The Balaban J connectivity index is 1.55. The number of hydrogen-bond acceptors (Lipinski definition) is 5. The predicted molar refractivity (Wildman–Crippen MR) is 109 cm³/mol. The lowest BCUT2D eigenvalue weighted by Gasteiger charge is -2.19. The summed E-state index contributed by atoms with van der Waals surface area (Å²) < 4.78 is 10.4. The van der Waals surface area contributed by atoms with Crippen LogP contribution in [0.3, 0.4) is 0 Å². The normalized spacial score (nSPS) is 15.9. The van der Waals surface area contributed by atoms with Gasteiger partial charge in [0, 0.05) is 23.7 Å². The van der Waals surface area contributed by atoms with Crippen LogP contribution in [0.15, 0.2) is 42.5 Å². The van der Waals surface area contributed by atoms with Crippen molar-refractivity contribution >= 4 is 40.8 Å². The number of ether oxygens (including phenoxy) is 2. The fourth-order valence-corrected chi connectivity index (χ4v) is 3.25. The Hall–Kier alpha value is -3.06. The molecule has 0 spiro atoms. The van der Waals surface area contributed by atoms with Crippen LogP contribution in [0.4, 0.5) is 11.4 Å². The fraction of sp³-hybridized carbons (Fsp3) is 0.286. The van der Waals surface area contributed by atoms with Crippen molar-refractivity contribution in [3.8, 4) is 5.75 Å². The number of anilines is 2. The maximum Gasteiger partial charge on any atom is 0.311 e. The lowest BCUT2D eigenvalue weighted by atomic mass is 10.1. The summed E-state index contributed by atoms with van der Waals surface area (Å²) in [5.41, 5.74) is 2.01. The zero-order chi connectivity index (χ0) is 21.0. The molecule has 3 rings (SSSR count). The molecule has 1 aliphatic rings. The van der Waals surface area contributed by atoms with E-state index in [1.54, 1.807) is 42.5 Å². The zero-order valence-electron chi connectivity index (χ0n) is 16.1. The monoisotopic (exact) mass is 416 g/mol. The lowest BCUT2D eigenvalue weighted by Crippen LogP contribution is -2.28. The van der Waals surface area contributed by atoms with Crippen LogP contribution >= 0.6 is 11.6 Å². The molecule has 1 fully saturated rings. The molecule has 7 nitrogen and oxygen atoms in total. The van der Waals surface area contributed by atoms with Gasteiger partial charge in [0.15, 0.2) is 6.61 Å². The fourth-order valence-electron chi connectivity index (χ4n) is 3.07. The van der Waals surface area contributed by atoms with Crippen LogP contribution in [0.25, 0.3) is 0 Å². The molecule has 8 heteroatoms. The number of benzene rings is 2. The summed E-state index contributed by atoms with van der Waals surface area (Å²) in [5, 5.41) is 3.15. The summed E-state index contributed by atoms with van der Waals surface area (Å²) in [6, 6.07) is 12.2. The molecule has 1 saturated heterocycles. The topological polar surface area (TPSA) is 84.9 Å². The van der Waals surface area contributed by atoms with Crippen molar-refractivity contribution in [1.82, 2.24) is 0 Å². The SMILES string of the molecule is COc1ccccc1N1C[C@@H](C(=O)OCC(=O)Nc2ccc(C)c(Cl)c2)CC1=O. The minimum atomic E-state index is -0.644. The highest BCUT2D eigenvalue weighted by molar-refractivity contribution is 6.31. The van der Waals surface area contributed by atoms with E-state index in [2.05, 4.69) is 5.32 Å². The van der Waals surface area contributed by atoms with Gasteiger partial charge in [-0.3, -0.25) is 14.4 Å². The Kier molecular flexibility index (Phi) is 6.39. The summed E-state index contributed by atoms with van der Waals surface area (Å²) >= 11 is 6.03. The zero-order valence-corrected chi connectivity index (χ0v) is 16.9. The number of esters is 1. The molecular formula is C21H21ClN2O5. The second kappa shape index (κ2) is 8.96. The van der Waals surface area contributed by atoms with Crippen LogP contribution in [0, 0.1) is 12.8 Å². The van der Waals surface area contributed by atoms with E-state index in [0.717, 1.165) is 5.56 Å². The molecule has 0 aliphatic carbocycles. The summed E-state index contributed by atoms with van der Waals surface area (Å²) in [6.45, 7) is 1.59. The first-order valence-corrected chi connectivity index (χ1v) is 9.43. The van der Waals surface area contributed by atoms with Gasteiger partial charge in [0.05, 0.1) is 18.7 Å². The van der Waals surface area contributed by atoms with Crippen molar-refractivity contribution in [3.05, 3.63) is 53.1 Å². The molecule has 2 amide bonds. The maximum atomic E-state index is 12.4. The molecular weight excluding hydrogens is 396 g/mol.